The van der Waals surface area contributed by atoms with Crippen molar-refractivity contribution >= 4 is 22.0 Å². The Morgan fingerprint density at radius 3 is 2.41 bits per heavy atom. The molecule has 0 radical (unpaired) electrons. The fraction of sp³-hybridized carbons (Fsp3) is 0.938. The van der Waals surface area contributed by atoms with E-state index in [0.717, 1.165) is 12.5 Å². The Kier molecular flexibility index (Phi) is 8.14. The zero-order valence-corrected chi connectivity index (χ0v) is 15.8. The normalized spacial score (nSPS) is 18.4. The minimum absolute atomic E-state index is 0.385. The summed E-state index contributed by atoms with van der Waals surface area (Å²) in [6.45, 7) is 9.80. The Morgan fingerprint density at radius 1 is 1.23 bits per heavy atom. The van der Waals surface area contributed by atoms with Gasteiger partial charge in [-0.3, -0.25) is 0 Å². The van der Waals surface area contributed by atoms with Gasteiger partial charge in [-0.15, -0.1) is 0 Å². The third kappa shape index (κ3) is 8.34. The molecule has 1 aliphatic rings. The number of amides is 1. The van der Waals surface area contributed by atoms with Crippen molar-refractivity contribution in [2.24, 2.45) is 5.92 Å². The van der Waals surface area contributed by atoms with Crippen LogP contribution in [0.25, 0.3) is 0 Å². The first kappa shape index (κ1) is 19.7. The van der Waals surface area contributed by atoms with Crippen molar-refractivity contribution in [3.05, 3.63) is 0 Å². The largest absolute Gasteiger partial charge is 0.444 e. The van der Waals surface area contributed by atoms with Gasteiger partial charge in [-0.2, -0.15) is 0 Å². The van der Waals surface area contributed by atoms with Crippen LogP contribution in [0.15, 0.2) is 0 Å². The van der Waals surface area contributed by atoms with Crippen LogP contribution in [0.4, 0.5) is 4.79 Å². The van der Waals surface area contributed by atoms with Crippen molar-refractivity contribution in [1.82, 2.24) is 5.32 Å². The van der Waals surface area contributed by atoms with Crippen LogP contribution in [0.5, 0.6) is 0 Å². The average molecular weight is 380 g/mol. The minimum Gasteiger partial charge on any atom is -0.444 e. The maximum atomic E-state index is 11.7. The third-order valence-corrected chi connectivity index (χ3v) is 4.73. The van der Waals surface area contributed by atoms with Crippen LogP contribution in [0.3, 0.4) is 0 Å². The zero-order valence-electron chi connectivity index (χ0n) is 14.2. The summed E-state index contributed by atoms with van der Waals surface area (Å²) in [6.07, 6.45) is 3.49. The van der Waals surface area contributed by atoms with Gasteiger partial charge in [0.15, 0.2) is 0 Å². The number of rotatable bonds is 9. The molecule has 0 aromatic rings. The summed E-state index contributed by atoms with van der Waals surface area (Å²) < 4.78 is 16.7. The van der Waals surface area contributed by atoms with Crippen LogP contribution in [0.1, 0.15) is 47.0 Å². The molecule has 130 valence electrons. The number of alkyl halides is 1. The van der Waals surface area contributed by atoms with Crippen molar-refractivity contribution in [1.29, 1.82) is 0 Å². The molecular formula is C16H30BrNO4. The molecule has 1 rings (SSSR count). The first-order valence-electron chi connectivity index (χ1n) is 7.99. The average Bonchev–Trinajstić information content (AvgIpc) is 2.36. The number of ether oxygens (including phenoxy) is 3. The predicted molar refractivity (Wildman–Crippen MR) is 90.5 cm³/mol. The van der Waals surface area contributed by atoms with Crippen LogP contribution in [-0.4, -0.2) is 49.0 Å². The van der Waals surface area contributed by atoms with Crippen molar-refractivity contribution in [3.8, 4) is 0 Å². The number of nitrogens with one attached hydrogen (secondary N) is 1. The number of alkyl carbamates (subject to hydrolysis) is 1. The van der Waals surface area contributed by atoms with Crippen LogP contribution in [-0.2, 0) is 14.2 Å². The number of hydrogen-bond acceptors (Lipinski definition) is 4. The molecule has 0 aromatic heterocycles. The monoisotopic (exact) mass is 379 g/mol. The first-order chi connectivity index (χ1) is 10.2. The maximum absolute atomic E-state index is 11.7. The molecule has 0 heterocycles. The molecule has 1 saturated carbocycles. The highest BCUT2D eigenvalue weighted by Gasteiger charge is 2.26. The molecule has 1 N–H and O–H groups in total. The fourth-order valence-electron chi connectivity index (χ4n) is 1.97. The molecule has 1 atom stereocenters. The molecule has 1 aliphatic carbocycles. The lowest BCUT2D eigenvalue weighted by atomic mass is 9.86. The summed E-state index contributed by atoms with van der Waals surface area (Å²) in [4.78, 5) is 11.7. The van der Waals surface area contributed by atoms with E-state index in [0.29, 0.717) is 25.1 Å². The van der Waals surface area contributed by atoms with E-state index in [1.165, 1.54) is 19.3 Å². The predicted octanol–water partition coefficient (Wildman–Crippen LogP) is 3.50. The van der Waals surface area contributed by atoms with E-state index in [4.69, 9.17) is 14.2 Å². The van der Waals surface area contributed by atoms with E-state index >= 15 is 0 Å². The lowest BCUT2D eigenvalue weighted by Crippen LogP contribution is -2.46. The van der Waals surface area contributed by atoms with Gasteiger partial charge in [0.25, 0.3) is 0 Å². The molecule has 0 aromatic carbocycles. The second-order valence-corrected chi connectivity index (χ2v) is 7.72. The SMILES string of the molecule is CC(C)(C)OC(=O)NCC(C)(CBr)OCCOCC1CCC1. The molecule has 1 amide bonds. The number of carbonyl (C=O) groups excluding carboxylic acids is 1. The van der Waals surface area contributed by atoms with E-state index in [9.17, 15) is 4.79 Å². The number of carbonyl (C=O) groups is 1. The van der Waals surface area contributed by atoms with E-state index in [1.54, 1.807) is 0 Å². The summed E-state index contributed by atoms with van der Waals surface area (Å²) >= 11 is 3.44. The molecule has 0 saturated heterocycles. The number of hydrogen-bond donors (Lipinski definition) is 1. The van der Waals surface area contributed by atoms with Gasteiger partial charge in [-0.1, -0.05) is 22.4 Å². The van der Waals surface area contributed by atoms with Crippen LogP contribution in [0.2, 0.25) is 0 Å². The Bertz CT molecular complexity index is 342. The summed E-state index contributed by atoms with van der Waals surface area (Å²) in [5.41, 5.74) is -0.970. The summed E-state index contributed by atoms with van der Waals surface area (Å²) in [5.74, 6) is 0.747. The molecule has 22 heavy (non-hydrogen) atoms. The standard InChI is InChI=1S/C16H30BrNO4/c1-15(2,3)22-14(19)18-12-16(4,11-17)21-9-8-20-10-13-6-5-7-13/h13H,5-12H2,1-4H3,(H,18,19). The van der Waals surface area contributed by atoms with E-state index < -0.39 is 17.3 Å². The molecule has 0 bridgehead atoms. The molecule has 1 fully saturated rings. The molecule has 6 heteroatoms. The maximum Gasteiger partial charge on any atom is 0.407 e. The Labute approximate surface area is 142 Å². The number of halogens is 1. The minimum atomic E-state index is -0.495. The van der Waals surface area contributed by atoms with Gasteiger partial charge >= 0.3 is 6.09 Å². The van der Waals surface area contributed by atoms with Crippen molar-refractivity contribution in [2.75, 3.05) is 31.7 Å². The van der Waals surface area contributed by atoms with Gasteiger partial charge in [-0.05, 0) is 46.5 Å². The van der Waals surface area contributed by atoms with Crippen molar-refractivity contribution < 1.29 is 19.0 Å². The quantitative estimate of drug-likeness (QED) is 0.491. The first-order valence-corrected chi connectivity index (χ1v) is 9.11. The topological polar surface area (TPSA) is 56.8 Å². The van der Waals surface area contributed by atoms with Crippen molar-refractivity contribution in [2.45, 2.75) is 58.2 Å². The van der Waals surface area contributed by atoms with Crippen LogP contribution in [0, 0.1) is 5.92 Å². The molecular weight excluding hydrogens is 350 g/mol. The van der Waals surface area contributed by atoms with E-state index in [-0.39, 0.29) is 0 Å². The van der Waals surface area contributed by atoms with Crippen molar-refractivity contribution in [3.63, 3.8) is 0 Å². The molecule has 5 nitrogen and oxygen atoms in total. The second-order valence-electron chi connectivity index (χ2n) is 7.16. The zero-order chi connectivity index (χ0) is 16.6. The Hall–Kier alpha value is -0.330. The van der Waals surface area contributed by atoms with E-state index in [1.807, 2.05) is 27.7 Å². The van der Waals surface area contributed by atoms with Gasteiger partial charge in [-0.25, -0.2) is 4.79 Å². The molecule has 0 spiro atoms. The second kappa shape index (κ2) is 9.08. The van der Waals surface area contributed by atoms with Gasteiger partial charge in [0.1, 0.15) is 5.60 Å². The van der Waals surface area contributed by atoms with Crippen LogP contribution >= 0.6 is 15.9 Å². The highest BCUT2D eigenvalue weighted by molar-refractivity contribution is 9.09. The Morgan fingerprint density at radius 2 is 1.91 bits per heavy atom. The highest BCUT2D eigenvalue weighted by Crippen LogP contribution is 2.26. The fourth-order valence-corrected chi connectivity index (χ4v) is 2.33. The summed E-state index contributed by atoms with van der Waals surface area (Å²) in [7, 11) is 0. The lowest BCUT2D eigenvalue weighted by Gasteiger charge is -2.29. The van der Waals surface area contributed by atoms with Gasteiger partial charge < -0.3 is 19.5 Å². The van der Waals surface area contributed by atoms with Crippen LogP contribution < -0.4 is 5.32 Å². The summed E-state index contributed by atoms with van der Waals surface area (Å²) in [5, 5.41) is 3.37. The lowest BCUT2D eigenvalue weighted by molar-refractivity contribution is -0.0490. The van der Waals surface area contributed by atoms with E-state index in [2.05, 4.69) is 21.2 Å². The molecule has 1 unspecified atom stereocenters. The third-order valence-electron chi connectivity index (χ3n) is 3.54. The Balaban J connectivity index is 2.17. The summed E-state index contributed by atoms with van der Waals surface area (Å²) in [6, 6.07) is 0. The highest BCUT2D eigenvalue weighted by atomic mass is 79.9. The molecule has 0 aliphatic heterocycles. The van der Waals surface area contributed by atoms with Gasteiger partial charge in [0, 0.05) is 11.9 Å². The smallest absolute Gasteiger partial charge is 0.407 e. The van der Waals surface area contributed by atoms with Gasteiger partial charge in [0.2, 0.25) is 0 Å². The van der Waals surface area contributed by atoms with Gasteiger partial charge in [0.05, 0.1) is 25.4 Å².